The zero-order valence-electron chi connectivity index (χ0n) is 10.8. The van der Waals surface area contributed by atoms with Gasteiger partial charge in [0, 0.05) is 17.0 Å². The van der Waals surface area contributed by atoms with Gasteiger partial charge in [0.05, 0.1) is 11.9 Å². The minimum absolute atomic E-state index is 0.732. The van der Waals surface area contributed by atoms with Crippen molar-refractivity contribution in [2.75, 3.05) is 0 Å². The molecule has 1 aromatic carbocycles. The van der Waals surface area contributed by atoms with Gasteiger partial charge in [-0.3, -0.25) is 0 Å². The molecule has 1 heterocycles. The molecule has 2 nitrogen and oxygen atoms in total. The third kappa shape index (κ3) is 2.12. The van der Waals surface area contributed by atoms with Gasteiger partial charge in [0.2, 0.25) is 0 Å². The lowest BCUT2D eigenvalue weighted by Gasteiger charge is -2.13. The molecule has 0 amide bonds. The van der Waals surface area contributed by atoms with E-state index in [4.69, 9.17) is 0 Å². The van der Waals surface area contributed by atoms with E-state index in [0.29, 0.717) is 0 Å². The van der Waals surface area contributed by atoms with Crippen LogP contribution in [0.2, 0.25) is 0 Å². The molecule has 17 heavy (non-hydrogen) atoms. The molecule has 0 N–H and O–H groups in total. The number of nitrogens with zero attached hydrogens (tertiary/aromatic N) is 2. The fourth-order valence-corrected chi connectivity index (χ4v) is 2.64. The van der Waals surface area contributed by atoms with Crippen LogP contribution in [0.1, 0.15) is 27.9 Å². The van der Waals surface area contributed by atoms with Gasteiger partial charge in [0.15, 0.2) is 0 Å². The molecule has 1 aromatic heterocycles. The lowest BCUT2D eigenvalue weighted by molar-refractivity contribution is 0.831. The Bertz CT molecular complexity index is 532. The van der Waals surface area contributed by atoms with E-state index in [1.165, 1.54) is 33.6 Å². The predicted molar refractivity (Wildman–Crippen MR) is 75.2 cm³/mol. The van der Waals surface area contributed by atoms with Crippen LogP contribution < -0.4 is 0 Å². The molecule has 0 fully saturated rings. The molecular formula is C14H18N2S. The van der Waals surface area contributed by atoms with E-state index in [9.17, 15) is 0 Å². The van der Waals surface area contributed by atoms with Gasteiger partial charge in [-0.05, 0) is 38.8 Å². The second-order valence-corrected chi connectivity index (χ2v) is 4.89. The summed E-state index contributed by atoms with van der Waals surface area (Å²) in [6, 6.07) is 4.40. The molecule has 0 spiro atoms. The molecule has 0 saturated heterocycles. The standard InChI is InChI=1S/C14H18N2S/c1-9-5-10(2)14(11(3)6-9)16-12(4)13(8-17)7-15-16/h5-7,17H,8H2,1-4H3. The van der Waals surface area contributed by atoms with Crippen molar-refractivity contribution in [3.8, 4) is 5.69 Å². The fraction of sp³-hybridized carbons (Fsp3) is 0.357. The van der Waals surface area contributed by atoms with Crippen LogP contribution in [-0.4, -0.2) is 9.78 Å². The summed E-state index contributed by atoms with van der Waals surface area (Å²) in [6.45, 7) is 8.49. The molecule has 0 radical (unpaired) electrons. The molecule has 2 rings (SSSR count). The number of hydrogen-bond donors (Lipinski definition) is 1. The Morgan fingerprint density at radius 1 is 1.12 bits per heavy atom. The molecule has 0 bridgehead atoms. The van der Waals surface area contributed by atoms with Crippen LogP contribution >= 0.6 is 12.6 Å². The number of hydrogen-bond acceptors (Lipinski definition) is 2. The predicted octanol–water partition coefficient (Wildman–Crippen LogP) is 3.54. The van der Waals surface area contributed by atoms with Crippen LogP contribution in [0.4, 0.5) is 0 Å². The van der Waals surface area contributed by atoms with E-state index >= 15 is 0 Å². The third-order valence-corrected chi connectivity index (χ3v) is 3.47. The summed E-state index contributed by atoms with van der Waals surface area (Å²) >= 11 is 4.32. The Labute approximate surface area is 108 Å². The van der Waals surface area contributed by atoms with Gasteiger partial charge < -0.3 is 0 Å². The van der Waals surface area contributed by atoms with Gasteiger partial charge in [-0.15, -0.1) is 0 Å². The SMILES string of the molecule is Cc1cc(C)c(-n2ncc(CS)c2C)c(C)c1. The highest BCUT2D eigenvalue weighted by molar-refractivity contribution is 7.79. The lowest BCUT2D eigenvalue weighted by Crippen LogP contribution is -2.04. The van der Waals surface area contributed by atoms with Gasteiger partial charge in [-0.25, -0.2) is 4.68 Å². The highest BCUT2D eigenvalue weighted by Gasteiger charge is 2.11. The summed E-state index contributed by atoms with van der Waals surface area (Å²) < 4.78 is 2.02. The first-order valence-electron chi connectivity index (χ1n) is 5.77. The van der Waals surface area contributed by atoms with Crippen molar-refractivity contribution in [2.45, 2.75) is 33.4 Å². The van der Waals surface area contributed by atoms with Gasteiger partial charge >= 0.3 is 0 Å². The molecule has 0 aliphatic carbocycles. The zero-order valence-corrected chi connectivity index (χ0v) is 11.7. The van der Waals surface area contributed by atoms with E-state index in [-0.39, 0.29) is 0 Å². The zero-order chi connectivity index (χ0) is 12.6. The van der Waals surface area contributed by atoms with Crippen molar-refractivity contribution in [3.05, 3.63) is 46.3 Å². The Hall–Kier alpha value is -1.22. The van der Waals surface area contributed by atoms with Crippen molar-refractivity contribution in [2.24, 2.45) is 0 Å². The topological polar surface area (TPSA) is 17.8 Å². The van der Waals surface area contributed by atoms with Crippen molar-refractivity contribution >= 4 is 12.6 Å². The first kappa shape index (κ1) is 12.2. The number of benzene rings is 1. The van der Waals surface area contributed by atoms with E-state index < -0.39 is 0 Å². The second-order valence-electron chi connectivity index (χ2n) is 4.57. The van der Waals surface area contributed by atoms with Crippen LogP contribution in [0.3, 0.4) is 0 Å². The molecular weight excluding hydrogens is 228 g/mol. The minimum atomic E-state index is 0.732. The average molecular weight is 246 g/mol. The highest BCUT2D eigenvalue weighted by atomic mass is 32.1. The van der Waals surface area contributed by atoms with Crippen LogP contribution in [0, 0.1) is 27.7 Å². The normalized spacial score (nSPS) is 10.9. The van der Waals surface area contributed by atoms with Gasteiger partial charge in [-0.2, -0.15) is 17.7 Å². The van der Waals surface area contributed by atoms with E-state index in [1.807, 2.05) is 10.9 Å². The average Bonchev–Trinajstić information content (AvgIpc) is 2.59. The maximum atomic E-state index is 4.48. The second kappa shape index (κ2) is 4.57. The Morgan fingerprint density at radius 2 is 1.71 bits per heavy atom. The number of rotatable bonds is 2. The van der Waals surface area contributed by atoms with Crippen molar-refractivity contribution in [3.63, 3.8) is 0 Å². The minimum Gasteiger partial charge on any atom is -0.237 e. The Morgan fingerprint density at radius 3 is 2.18 bits per heavy atom. The number of aromatic nitrogens is 2. The first-order valence-corrected chi connectivity index (χ1v) is 6.40. The van der Waals surface area contributed by atoms with Crippen LogP contribution in [0.5, 0.6) is 0 Å². The van der Waals surface area contributed by atoms with Crippen molar-refractivity contribution in [1.82, 2.24) is 9.78 Å². The quantitative estimate of drug-likeness (QED) is 0.802. The third-order valence-electron chi connectivity index (χ3n) is 3.13. The van der Waals surface area contributed by atoms with Crippen molar-refractivity contribution in [1.29, 1.82) is 0 Å². The van der Waals surface area contributed by atoms with E-state index in [2.05, 4.69) is 57.6 Å². The summed E-state index contributed by atoms with van der Waals surface area (Å²) in [5.74, 6) is 0.732. The lowest BCUT2D eigenvalue weighted by atomic mass is 10.1. The largest absolute Gasteiger partial charge is 0.237 e. The maximum Gasteiger partial charge on any atom is 0.0707 e. The maximum absolute atomic E-state index is 4.48. The molecule has 0 saturated carbocycles. The monoisotopic (exact) mass is 246 g/mol. The van der Waals surface area contributed by atoms with Crippen LogP contribution in [0.25, 0.3) is 5.69 Å². The number of thiol groups is 1. The van der Waals surface area contributed by atoms with Crippen molar-refractivity contribution < 1.29 is 0 Å². The molecule has 0 aliphatic rings. The smallest absolute Gasteiger partial charge is 0.0707 e. The number of aryl methyl sites for hydroxylation is 3. The van der Waals surface area contributed by atoms with Gasteiger partial charge in [0.25, 0.3) is 0 Å². The van der Waals surface area contributed by atoms with Gasteiger partial charge in [0.1, 0.15) is 0 Å². The molecule has 3 heteroatoms. The Kier molecular flexibility index (Phi) is 3.29. The summed E-state index contributed by atoms with van der Waals surface area (Å²) in [6.07, 6.45) is 1.90. The van der Waals surface area contributed by atoms with Gasteiger partial charge in [-0.1, -0.05) is 17.7 Å². The fourth-order valence-electron chi connectivity index (χ4n) is 2.33. The summed E-state index contributed by atoms with van der Waals surface area (Å²) in [7, 11) is 0. The molecule has 0 aliphatic heterocycles. The molecule has 0 unspecified atom stereocenters. The first-order chi connectivity index (χ1) is 8.04. The van der Waals surface area contributed by atoms with E-state index in [0.717, 1.165) is 5.75 Å². The van der Waals surface area contributed by atoms with Crippen LogP contribution in [-0.2, 0) is 5.75 Å². The molecule has 2 aromatic rings. The Balaban J connectivity index is 2.64. The summed E-state index contributed by atoms with van der Waals surface area (Å²) in [5.41, 5.74) is 7.38. The van der Waals surface area contributed by atoms with Crippen LogP contribution in [0.15, 0.2) is 18.3 Å². The summed E-state index contributed by atoms with van der Waals surface area (Å²) in [4.78, 5) is 0. The molecule has 0 atom stereocenters. The molecule has 90 valence electrons. The van der Waals surface area contributed by atoms with E-state index in [1.54, 1.807) is 0 Å². The highest BCUT2D eigenvalue weighted by Crippen LogP contribution is 2.23. The summed E-state index contributed by atoms with van der Waals surface area (Å²) in [5, 5.41) is 4.48.